The number of para-hydroxylation sites is 2. The van der Waals surface area contributed by atoms with Gasteiger partial charge in [-0.2, -0.15) is 5.10 Å². The molecule has 0 aliphatic carbocycles. The van der Waals surface area contributed by atoms with Crippen molar-refractivity contribution in [1.82, 2.24) is 15.0 Å². The molecule has 0 atom stereocenters. The lowest BCUT2D eigenvalue weighted by atomic mass is 10.2. The molecule has 6 heteroatoms. The van der Waals surface area contributed by atoms with E-state index in [1.54, 1.807) is 19.5 Å². The van der Waals surface area contributed by atoms with Gasteiger partial charge in [-0.25, -0.2) is 5.43 Å². The Bertz CT molecular complexity index is 1430. The fourth-order valence-corrected chi connectivity index (χ4v) is 3.92. The highest BCUT2D eigenvalue weighted by Crippen LogP contribution is 2.22. The maximum atomic E-state index is 12.6. The van der Waals surface area contributed by atoms with Crippen LogP contribution in [0, 0.1) is 0 Å². The monoisotopic (exact) mass is 422 g/mol. The first kappa shape index (κ1) is 19.6. The van der Waals surface area contributed by atoms with Gasteiger partial charge in [-0.1, -0.05) is 48.5 Å². The zero-order chi connectivity index (χ0) is 21.9. The van der Waals surface area contributed by atoms with Crippen LogP contribution < -0.4 is 10.2 Å². The first-order valence-corrected chi connectivity index (χ1v) is 10.3. The number of aromatic amines is 1. The Morgan fingerprint density at radius 1 is 1.03 bits per heavy atom. The molecule has 2 heterocycles. The molecule has 0 aliphatic rings. The van der Waals surface area contributed by atoms with E-state index in [1.165, 1.54) is 5.56 Å². The second-order valence-corrected chi connectivity index (χ2v) is 7.52. The molecule has 2 N–H and O–H groups in total. The number of hydrazone groups is 1. The zero-order valence-corrected chi connectivity index (χ0v) is 17.6. The van der Waals surface area contributed by atoms with E-state index in [2.05, 4.69) is 50.5 Å². The van der Waals surface area contributed by atoms with Crippen LogP contribution in [0.1, 0.15) is 21.5 Å². The molecule has 2 aromatic heterocycles. The van der Waals surface area contributed by atoms with E-state index in [0.717, 1.165) is 39.7 Å². The molecule has 0 spiro atoms. The molecule has 0 radical (unpaired) electrons. The minimum Gasteiger partial charge on any atom is -0.497 e. The topological polar surface area (TPSA) is 71.4 Å². The standard InChI is InChI=1S/C26H22N4O2/c1-32-20-12-10-18(11-13-20)16-30-17-19(21-6-3-5-9-25(21)30)14-28-29-26(31)23-15-27-24-8-4-2-7-22(23)24/h2-15,17,27H,16H2,1H3,(H,29,31)/b28-14-. The highest BCUT2D eigenvalue weighted by atomic mass is 16.5. The van der Waals surface area contributed by atoms with Gasteiger partial charge in [0.1, 0.15) is 5.75 Å². The number of hydrogen-bond acceptors (Lipinski definition) is 3. The van der Waals surface area contributed by atoms with Crippen LogP contribution in [0.5, 0.6) is 5.75 Å². The van der Waals surface area contributed by atoms with Crippen molar-refractivity contribution < 1.29 is 9.53 Å². The lowest BCUT2D eigenvalue weighted by Gasteiger charge is -2.06. The second-order valence-electron chi connectivity index (χ2n) is 7.52. The number of aromatic nitrogens is 2. The van der Waals surface area contributed by atoms with E-state index in [9.17, 15) is 4.79 Å². The molecule has 0 saturated heterocycles. The Morgan fingerprint density at radius 2 is 1.78 bits per heavy atom. The molecular formula is C26H22N4O2. The molecule has 0 saturated carbocycles. The van der Waals surface area contributed by atoms with E-state index in [0.29, 0.717) is 5.56 Å². The predicted octanol–water partition coefficient (Wildman–Crippen LogP) is 4.94. The lowest BCUT2D eigenvalue weighted by Crippen LogP contribution is -2.17. The summed E-state index contributed by atoms with van der Waals surface area (Å²) in [7, 11) is 1.66. The van der Waals surface area contributed by atoms with Crippen molar-refractivity contribution in [2.45, 2.75) is 6.54 Å². The lowest BCUT2D eigenvalue weighted by molar-refractivity contribution is 0.0957. The van der Waals surface area contributed by atoms with Crippen LogP contribution >= 0.6 is 0 Å². The molecular weight excluding hydrogens is 400 g/mol. The summed E-state index contributed by atoms with van der Waals surface area (Å²) in [6.45, 7) is 0.722. The summed E-state index contributed by atoms with van der Waals surface area (Å²) in [5.41, 5.74) is 7.35. The fraction of sp³-hybridized carbons (Fsp3) is 0.0769. The van der Waals surface area contributed by atoms with E-state index in [-0.39, 0.29) is 5.91 Å². The smallest absolute Gasteiger partial charge is 0.273 e. The maximum absolute atomic E-state index is 12.6. The Hall–Kier alpha value is -4.32. The van der Waals surface area contributed by atoms with Crippen molar-refractivity contribution in [3.63, 3.8) is 0 Å². The summed E-state index contributed by atoms with van der Waals surface area (Å²) < 4.78 is 7.43. The summed E-state index contributed by atoms with van der Waals surface area (Å²) in [6.07, 6.45) is 5.45. The Balaban J connectivity index is 1.38. The minimum atomic E-state index is -0.249. The van der Waals surface area contributed by atoms with Crippen molar-refractivity contribution in [1.29, 1.82) is 0 Å². The molecule has 5 aromatic rings. The highest BCUT2D eigenvalue weighted by Gasteiger charge is 2.11. The predicted molar refractivity (Wildman–Crippen MR) is 127 cm³/mol. The molecule has 5 rings (SSSR count). The number of nitrogens with zero attached hydrogens (tertiary/aromatic N) is 2. The molecule has 0 fully saturated rings. The largest absolute Gasteiger partial charge is 0.497 e. The van der Waals surface area contributed by atoms with Gasteiger partial charge in [0.25, 0.3) is 5.91 Å². The summed E-state index contributed by atoms with van der Waals surface area (Å²) in [6, 6.07) is 23.9. The van der Waals surface area contributed by atoms with Gasteiger partial charge < -0.3 is 14.3 Å². The third-order valence-electron chi connectivity index (χ3n) is 5.53. The number of hydrogen-bond donors (Lipinski definition) is 2. The van der Waals surface area contributed by atoms with Crippen LogP contribution in [0.15, 0.2) is 90.3 Å². The molecule has 32 heavy (non-hydrogen) atoms. The van der Waals surface area contributed by atoms with Gasteiger partial charge in [0.2, 0.25) is 0 Å². The average Bonchev–Trinajstić information content (AvgIpc) is 3.42. The fourth-order valence-electron chi connectivity index (χ4n) is 3.92. The van der Waals surface area contributed by atoms with Crippen LogP contribution in [0.3, 0.4) is 0 Å². The number of H-pyrrole nitrogens is 1. The summed E-state index contributed by atoms with van der Waals surface area (Å²) in [4.78, 5) is 15.7. The average molecular weight is 422 g/mol. The summed E-state index contributed by atoms with van der Waals surface area (Å²) in [5.74, 6) is 0.588. The quantitative estimate of drug-likeness (QED) is 0.300. The number of benzene rings is 3. The van der Waals surface area contributed by atoms with Crippen molar-refractivity contribution in [2.75, 3.05) is 7.11 Å². The van der Waals surface area contributed by atoms with Crippen LogP contribution in [0.2, 0.25) is 0 Å². The van der Waals surface area contributed by atoms with Gasteiger partial charge in [-0.3, -0.25) is 4.79 Å². The zero-order valence-electron chi connectivity index (χ0n) is 17.6. The number of methoxy groups -OCH3 is 1. The van der Waals surface area contributed by atoms with Gasteiger partial charge in [0.15, 0.2) is 0 Å². The number of ether oxygens (including phenoxy) is 1. The van der Waals surface area contributed by atoms with Crippen molar-refractivity contribution in [2.24, 2.45) is 5.10 Å². The van der Waals surface area contributed by atoms with Crippen LogP contribution in [-0.2, 0) is 6.54 Å². The van der Waals surface area contributed by atoms with E-state index in [4.69, 9.17) is 4.74 Å². The molecule has 0 aliphatic heterocycles. The molecule has 3 aromatic carbocycles. The van der Waals surface area contributed by atoms with Gasteiger partial charge in [-0.05, 0) is 29.8 Å². The first-order valence-electron chi connectivity index (χ1n) is 10.3. The molecule has 0 unspecified atom stereocenters. The Labute approximate surface area is 185 Å². The normalized spacial score (nSPS) is 11.4. The van der Waals surface area contributed by atoms with Gasteiger partial charge >= 0.3 is 0 Å². The number of carbonyl (C=O) groups excluding carboxylic acids is 1. The molecule has 6 nitrogen and oxygen atoms in total. The number of nitrogens with one attached hydrogen (secondary N) is 2. The van der Waals surface area contributed by atoms with E-state index >= 15 is 0 Å². The number of fused-ring (bicyclic) bond motifs is 2. The SMILES string of the molecule is COc1ccc(Cn2cc(/C=N\NC(=O)c3c[nH]c4ccccc34)c3ccccc32)cc1. The van der Waals surface area contributed by atoms with Crippen LogP contribution in [0.25, 0.3) is 21.8 Å². The van der Waals surface area contributed by atoms with Crippen LogP contribution in [0.4, 0.5) is 0 Å². The molecule has 158 valence electrons. The second kappa shape index (κ2) is 8.43. The van der Waals surface area contributed by atoms with Crippen molar-refractivity contribution >= 4 is 33.9 Å². The first-order chi connectivity index (χ1) is 15.7. The van der Waals surface area contributed by atoms with Gasteiger partial charge in [0, 0.05) is 46.3 Å². The van der Waals surface area contributed by atoms with Gasteiger partial charge in [-0.15, -0.1) is 0 Å². The maximum Gasteiger partial charge on any atom is 0.273 e. The third kappa shape index (κ3) is 3.74. The third-order valence-corrected chi connectivity index (χ3v) is 5.53. The number of rotatable bonds is 6. The Morgan fingerprint density at radius 3 is 2.59 bits per heavy atom. The molecule has 0 bridgehead atoms. The van der Waals surface area contributed by atoms with E-state index in [1.807, 2.05) is 48.5 Å². The number of carbonyl (C=O) groups is 1. The highest BCUT2D eigenvalue weighted by molar-refractivity contribution is 6.07. The van der Waals surface area contributed by atoms with Crippen molar-refractivity contribution in [3.05, 3.63) is 102 Å². The Kier molecular flexibility index (Phi) is 5.17. The van der Waals surface area contributed by atoms with Crippen molar-refractivity contribution in [3.8, 4) is 5.75 Å². The van der Waals surface area contributed by atoms with Crippen LogP contribution in [-0.4, -0.2) is 28.8 Å². The number of amides is 1. The van der Waals surface area contributed by atoms with E-state index < -0.39 is 0 Å². The summed E-state index contributed by atoms with van der Waals surface area (Å²) >= 11 is 0. The minimum absolute atomic E-state index is 0.249. The summed E-state index contributed by atoms with van der Waals surface area (Å²) in [5, 5.41) is 6.18. The molecule has 1 amide bonds. The van der Waals surface area contributed by atoms with Gasteiger partial charge in [0.05, 0.1) is 18.9 Å².